The van der Waals surface area contributed by atoms with Gasteiger partial charge in [-0.15, -0.1) is 0 Å². The molecule has 16 heavy (non-hydrogen) atoms. The summed E-state index contributed by atoms with van der Waals surface area (Å²) in [5.74, 6) is -1.69. The summed E-state index contributed by atoms with van der Waals surface area (Å²) in [7, 11) is 0. The molecular formula is C10H14NNaO4. The number of benzene rings is 1. The van der Waals surface area contributed by atoms with Crippen LogP contribution in [0.15, 0.2) is 30.3 Å². The van der Waals surface area contributed by atoms with Crippen molar-refractivity contribution in [3.05, 3.63) is 30.3 Å². The van der Waals surface area contributed by atoms with Crippen molar-refractivity contribution < 1.29 is 19.8 Å². The minimum absolute atomic E-state index is 0. The number of aliphatic carboxylic acids is 2. The maximum atomic E-state index is 10.1. The predicted octanol–water partition coefficient (Wildman–Crippen LogP) is 0.625. The number of carboxylic acid groups (broad SMARTS) is 2. The van der Waals surface area contributed by atoms with E-state index < -0.39 is 11.9 Å². The van der Waals surface area contributed by atoms with Crippen molar-refractivity contribution in [2.24, 2.45) is 0 Å². The van der Waals surface area contributed by atoms with E-state index in [-0.39, 0.29) is 36.1 Å². The van der Waals surface area contributed by atoms with E-state index in [2.05, 4.69) is 5.32 Å². The molecule has 3 N–H and O–H groups in total. The van der Waals surface area contributed by atoms with Crippen molar-refractivity contribution in [2.75, 3.05) is 11.9 Å². The molecule has 1 aromatic rings. The third-order valence-corrected chi connectivity index (χ3v) is 1.22. The summed E-state index contributed by atoms with van der Waals surface area (Å²) in [6.07, 6.45) is 0. The molecular weight excluding hydrogens is 221 g/mol. The third kappa shape index (κ3) is 13.0. The molecule has 0 radical (unpaired) electrons. The molecule has 0 bridgehead atoms. The van der Waals surface area contributed by atoms with E-state index in [9.17, 15) is 4.79 Å². The van der Waals surface area contributed by atoms with Gasteiger partial charge in [0.1, 0.15) is 6.54 Å². The molecule has 0 atom stereocenters. The molecule has 0 fully saturated rings. The van der Waals surface area contributed by atoms with Crippen LogP contribution >= 0.6 is 0 Å². The molecule has 1 rings (SSSR count). The SMILES string of the molecule is CC(=O)O.O=C(O)CNc1ccccc1.[NaH]. The van der Waals surface area contributed by atoms with Gasteiger partial charge in [0.2, 0.25) is 0 Å². The summed E-state index contributed by atoms with van der Waals surface area (Å²) < 4.78 is 0. The summed E-state index contributed by atoms with van der Waals surface area (Å²) in [6.45, 7) is 1.05. The van der Waals surface area contributed by atoms with Crippen LogP contribution in [0.1, 0.15) is 6.92 Å². The molecule has 0 aliphatic rings. The monoisotopic (exact) mass is 235 g/mol. The Morgan fingerprint density at radius 3 is 2.00 bits per heavy atom. The number of anilines is 1. The van der Waals surface area contributed by atoms with Gasteiger partial charge in [0, 0.05) is 12.6 Å². The van der Waals surface area contributed by atoms with E-state index in [1.807, 2.05) is 30.3 Å². The van der Waals surface area contributed by atoms with Gasteiger partial charge in [-0.25, -0.2) is 0 Å². The molecule has 0 saturated heterocycles. The number of rotatable bonds is 3. The Labute approximate surface area is 116 Å². The van der Waals surface area contributed by atoms with Gasteiger partial charge in [0.25, 0.3) is 5.97 Å². The fourth-order valence-corrected chi connectivity index (χ4v) is 0.734. The van der Waals surface area contributed by atoms with Crippen LogP contribution in [0, 0.1) is 0 Å². The number of para-hydroxylation sites is 1. The average molecular weight is 235 g/mol. The van der Waals surface area contributed by atoms with Crippen molar-refractivity contribution in [1.29, 1.82) is 0 Å². The average Bonchev–Trinajstić information content (AvgIpc) is 2.15. The number of hydrogen-bond acceptors (Lipinski definition) is 3. The van der Waals surface area contributed by atoms with Crippen LogP contribution in [0.5, 0.6) is 0 Å². The van der Waals surface area contributed by atoms with Crippen molar-refractivity contribution in [1.82, 2.24) is 0 Å². The summed E-state index contributed by atoms with van der Waals surface area (Å²) in [5.41, 5.74) is 0.829. The zero-order valence-corrected chi connectivity index (χ0v) is 8.30. The first kappa shape index (κ1) is 17.4. The Morgan fingerprint density at radius 2 is 1.62 bits per heavy atom. The summed E-state index contributed by atoms with van der Waals surface area (Å²) >= 11 is 0. The first-order valence-electron chi connectivity index (χ1n) is 4.22. The number of hydrogen-bond donors (Lipinski definition) is 3. The van der Waals surface area contributed by atoms with Crippen LogP contribution < -0.4 is 5.32 Å². The van der Waals surface area contributed by atoms with Gasteiger partial charge in [-0.3, -0.25) is 9.59 Å². The van der Waals surface area contributed by atoms with Crippen LogP contribution in [-0.4, -0.2) is 58.3 Å². The molecule has 0 heterocycles. The quantitative estimate of drug-likeness (QED) is 0.669. The van der Waals surface area contributed by atoms with Crippen molar-refractivity contribution in [2.45, 2.75) is 6.92 Å². The second kappa shape index (κ2) is 10.5. The molecule has 6 heteroatoms. The summed E-state index contributed by atoms with van der Waals surface area (Å²) in [5, 5.41) is 18.5. The van der Waals surface area contributed by atoms with Crippen LogP contribution in [0.2, 0.25) is 0 Å². The molecule has 1 aromatic carbocycles. The van der Waals surface area contributed by atoms with E-state index in [1.54, 1.807) is 0 Å². The van der Waals surface area contributed by atoms with Crippen molar-refractivity contribution in [3.8, 4) is 0 Å². The minimum atomic E-state index is -0.853. The molecule has 0 saturated carbocycles. The maximum absolute atomic E-state index is 10.1. The number of carbonyl (C=O) groups is 2. The fraction of sp³-hybridized carbons (Fsp3) is 0.200. The molecule has 0 unspecified atom stereocenters. The molecule has 5 nitrogen and oxygen atoms in total. The Bertz CT molecular complexity index is 312. The van der Waals surface area contributed by atoms with Gasteiger partial charge in [-0.1, -0.05) is 18.2 Å². The molecule has 0 amide bonds. The second-order valence-corrected chi connectivity index (χ2v) is 2.63. The standard InChI is InChI=1S/C8H9NO2.C2H4O2.Na.H/c10-8(11)6-9-7-4-2-1-3-5-7;1-2(3)4;;/h1-5,9H,6H2,(H,10,11);1H3,(H,3,4);;. The first-order chi connectivity index (χ1) is 7.02. The predicted molar refractivity (Wildman–Crippen MR) is 63.0 cm³/mol. The number of nitrogens with one attached hydrogen (secondary N) is 1. The third-order valence-electron chi connectivity index (χ3n) is 1.22. The Balaban J connectivity index is 0. The fourth-order valence-electron chi connectivity index (χ4n) is 0.734. The molecule has 0 aliphatic heterocycles. The number of carboxylic acids is 2. The normalized spacial score (nSPS) is 7.81. The first-order valence-corrected chi connectivity index (χ1v) is 4.22. The van der Waals surface area contributed by atoms with Crippen LogP contribution in [-0.2, 0) is 9.59 Å². The Kier molecular flexibility index (Phi) is 11.4. The van der Waals surface area contributed by atoms with E-state index in [1.165, 1.54) is 0 Å². The van der Waals surface area contributed by atoms with Crippen molar-refractivity contribution >= 4 is 47.2 Å². The van der Waals surface area contributed by atoms with Gasteiger partial charge in [0.05, 0.1) is 0 Å². The topological polar surface area (TPSA) is 86.6 Å². The molecule has 0 aliphatic carbocycles. The summed E-state index contributed by atoms with van der Waals surface area (Å²) in [6, 6.07) is 9.23. The van der Waals surface area contributed by atoms with Gasteiger partial charge >= 0.3 is 35.5 Å². The van der Waals surface area contributed by atoms with Gasteiger partial charge in [-0.2, -0.15) is 0 Å². The van der Waals surface area contributed by atoms with E-state index in [0.29, 0.717) is 0 Å². The zero-order valence-electron chi connectivity index (χ0n) is 8.30. The van der Waals surface area contributed by atoms with Crippen LogP contribution in [0.3, 0.4) is 0 Å². The van der Waals surface area contributed by atoms with E-state index >= 15 is 0 Å². The van der Waals surface area contributed by atoms with Crippen LogP contribution in [0.25, 0.3) is 0 Å². The molecule has 0 aromatic heterocycles. The van der Waals surface area contributed by atoms with Crippen molar-refractivity contribution in [3.63, 3.8) is 0 Å². The van der Waals surface area contributed by atoms with E-state index in [0.717, 1.165) is 12.6 Å². The second-order valence-electron chi connectivity index (χ2n) is 2.63. The Hall–Kier alpha value is -1.04. The molecule has 0 spiro atoms. The van der Waals surface area contributed by atoms with E-state index in [4.69, 9.17) is 15.0 Å². The van der Waals surface area contributed by atoms with Gasteiger partial charge in [0.15, 0.2) is 0 Å². The van der Waals surface area contributed by atoms with Gasteiger partial charge < -0.3 is 15.5 Å². The Morgan fingerprint density at radius 1 is 1.19 bits per heavy atom. The zero-order chi connectivity index (χ0) is 11.7. The molecule has 84 valence electrons. The van der Waals surface area contributed by atoms with Crippen LogP contribution in [0.4, 0.5) is 5.69 Å². The summed E-state index contributed by atoms with van der Waals surface area (Å²) in [4.78, 5) is 19.1. The van der Waals surface area contributed by atoms with Gasteiger partial charge in [-0.05, 0) is 12.1 Å².